The molecule has 0 bridgehead atoms. The van der Waals surface area contributed by atoms with Crippen molar-refractivity contribution in [1.82, 2.24) is 0 Å². The van der Waals surface area contributed by atoms with Gasteiger partial charge in [-0.05, 0) is 18.2 Å². The lowest BCUT2D eigenvalue weighted by atomic mass is 9.98. The highest BCUT2D eigenvalue weighted by Crippen LogP contribution is 2.27. The van der Waals surface area contributed by atoms with E-state index in [9.17, 15) is 14.5 Å². The van der Waals surface area contributed by atoms with Crippen LogP contribution < -0.4 is 17.0 Å². The summed E-state index contributed by atoms with van der Waals surface area (Å²) in [5, 5.41) is 5.78. The highest BCUT2D eigenvalue weighted by atomic mass is 16.3. The molecule has 0 spiro atoms. The van der Waals surface area contributed by atoms with Crippen molar-refractivity contribution in [1.29, 1.82) is 0 Å². The summed E-state index contributed by atoms with van der Waals surface area (Å²) >= 11 is 0. The third kappa shape index (κ3) is 3.22. The maximum absolute atomic E-state index is 11.1. The van der Waals surface area contributed by atoms with E-state index in [4.69, 9.17) is 11.6 Å². The number of benzene rings is 1. The van der Waals surface area contributed by atoms with E-state index in [1.807, 2.05) is 0 Å². The standard InChI is InChI=1S/C11H11N5O3/c12-10-4-9(15-16-19)3-8(6-18)11(10)7(1-2-17)5-14-13/h1-6H,12-13H2,(H,15,19)/b7-1+,14-5?. The first-order valence-electron chi connectivity index (χ1n) is 5.04. The number of aldehydes is 2. The van der Waals surface area contributed by atoms with Crippen LogP contribution in [0.4, 0.5) is 11.4 Å². The molecule has 19 heavy (non-hydrogen) atoms. The molecule has 0 aliphatic rings. The first-order chi connectivity index (χ1) is 9.17. The van der Waals surface area contributed by atoms with Crippen LogP contribution in [0.2, 0.25) is 0 Å². The number of hydrogen-bond acceptors (Lipinski definition) is 7. The summed E-state index contributed by atoms with van der Waals surface area (Å²) in [6, 6.07) is 2.76. The number of allylic oxidation sites excluding steroid dienone is 2. The zero-order chi connectivity index (χ0) is 14.3. The van der Waals surface area contributed by atoms with Gasteiger partial charge in [-0.2, -0.15) is 5.10 Å². The summed E-state index contributed by atoms with van der Waals surface area (Å²) in [6.07, 6.45) is 3.41. The third-order valence-corrected chi connectivity index (χ3v) is 2.25. The molecule has 98 valence electrons. The van der Waals surface area contributed by atoms with Crippen molar-refractivity contribution in [2.45, 2.75) is 0 Å². The van der Waals surface area contributed by atoms with Crippen LogP contribution in [-0.4, -0.2) is 18.8 Å². The SMILES string of the molecule is NN=C/C(=C\C=O)c1c(N)cc(NN=O)cc1C=O. The Morgan fingerprint density at radius 2 is 2.05 bits per heavy atom. The summed E-state index contributed by atoms with van der Waals surface area (Å²) in [4.78, 5) is 31.8. The lowest BCUT2D eigenvalue weighted by Crippen LogP contribution is -2.03. The molecular formula is C11H11N5O3. The molecular weight excluding hydrogens is 250 g/mol. The van der Waals surface area contributed by atoms with Crippen molar-refractivity contribution in [3.8, 4) is 0 Å². The molecule has 0 aliphatic heterocycles. The van der Waals surface area contributed by atoms with Crippen molar-refractivity contribution in [3.05, 3.63) is 34.2 Å². The number of nitrogens with zero attached hydrogens (tertiary/aromatic N) is 2. The molecule has 0 atom stereocenters. The minimum absolute atomic E-state index is 0.166. The molecule has 0 fully saturated rings. The highest BCUT2D eigenvalue weighted by molar-refractivity contribution is 6.17. The Morgan fingerprint density at radius 1 is 1.32 bits per heavy atom. The predicted octanol–water partition coefficient (Wildman–Crippen LogP) is 0.701. The molecule has 0 aromatic heterocycles. The first kappa shape index (κ1) is 14.0. The number of nitrogen functional groups attached to an aromatic ring is 1. The summed E-state index contributed by atoms with van der Waals surface area (Å²) in [6.45, 7) is 0. The lowest BCUT2D eigenvalue weighted by molar-refractivity contribution is -0.104. The van der Waals surface area contributed by atoms with Crippen molar-refractivity contribution >= 4 is 35.7 Å². The van der Waals surface area contributed by atoms with Crippen LogP contribution in [-0.2, 0) is 4.79 Å². The van der Waals surface area contributed by atoms with Crippen molar-refractivity contribution in [2.24, 2.45) is 16.2 Å². The summed E-state index contributed by atoms with van der Waals surface area (Å²) in [5.41, 5.74) is 9.10. The molecule has 1 aromatic carbocycles. The van der Waals surface area contributed by atoms with Gasteiger partial charge in [0.1, 0.15) is 6.29 Å². The van der Waals surface area contributed by atoms with Crippen LogP contribution >= 0.6 is 0 Å². The van der Waals surface area contributed by atoms with Gasteiger partial charge in [0.05, 0.1) is 17.2 Å². The van der Waals surface area contributed by atoms with E-state index in [1.54, 1.807) is 0 Å². The van der Waals surface area contributed by atoms with Gasteiger partial charge in [0.2, 0.25) is 0 Å². The van der Waals surface area contributed by atoms with E-state index in [0.717, 1.165) is 0 Å². The maximum atomic E-state index is 11.1. The Labute approximate surface area is 108 Å². The van der Waals surface area contributed by atoms with Crippen LogP contribution in [0.25, 0.3) is 5.57 Å². The number of hydrogen-bond donors (Lipinski definition) is 3. The summed E-state index contributed by atoms with van der Waals surface area (Å²) in [7, 11) is 0. The number of hydrazone groups is 1. The van der Waals surface area contributed by atoms with Gasteiger partial charge in [0.25, 0.3) is 0 Å². The average molecular weight is 261 g/mol. The monoisotopic (exact) mass is 261 g/mol. The molecule has 8 heteroatoms. The smallest absolute Gasteiger partial charge is 0.150 e. The molecule has 0 amide bonds. The minimum Gasteiger partial charge on any atom is -0.398 e. The number of carbonyl (C=O) groups is 2. The molecule has 0 unspecified atom stereocenters. The molecule has 1 aromatic rings. The molecule has 8 nitrogen and oxygen atoms in total. The second-order valence-corrected chi connectivity index (χ2v) is 3.39. The van der Waals surface area contributed by atoms with E-state index in [1.165, 1.54) is 24.4 Å². The molecule has 0 saturated carbocycles. The van der Waals surface area contributed by atoms with Crippen LogP contribution in [0.1, 0.15) is 15.9 Å². The van der Waals surface area contributed by atoms with Crippen molar-refractivity contribution in [3.63, 3.8) is 0 Å². The number of rotatable bonds is 6. The van der Waals surface area contributed by atoms with Gasteiger partial charge in [-0.3, -0.25) is 9.59 Å². The highest BCUT2D eigenvalue weighted by Gasteiger charge is 2.12. The van der Waals surface area contributed by atoms with Crippen molar-refractivity contribution in [2.75, 3.05) is 11.2 Å². The molecule has 0 saturated heterocycles. The minimum atomic E-state index is 0.166. The number of nitroso groups, excluding NO2 is 1. The predicted molar refractivity (Wildman–Crippen MR) is 72.4 cm³/mol. The Kier molecular flexibility index (Phi) is 4.91. The Morgan fingerprint density at radius 3 is 2.58 bits per heavy atom. The van der Waals surface area contributed by atoms with Gasteiger partial charge in [-0.15, -0.1) is 4.91 Å². The Hall–Kier alpha value is -3.03. The van der Waals surface area contributed by atoms with E-state index in [2.05, 4.69) is 15.8 Å². The molecule has 0 heterocycles. The number of nitrogens with one attached hydrogen (secondary N) is 1. The largest absolute Gasteiger partial charge is 0.398 e. The quantitative estimate of drug-likeness (QED) is 0.131. The molecule has 5 N–H and O–H groups in total. The van der Waals surface area contributed by atoms with E-state index >= 15 is 0 Å². The fourth-order valence-electron chi connectivity index (χ4n) is 1.58. The maximum Gasteiger partial charge on any atom is 0.150 e. The third-order valence-electron chi connectivity index (χ3n) is 2.25. The second kappa shape index (κ2) is 6.64. The second-order valence-electron chi connectivity index (χ2n) is 3.39. The molecule has 1 rings (SSSR count). The van der Waals surface area contributed by atoms with Gasteiger partial charge in [-0.25, -0.2) is 5.43 Å². The lowest BCUT2D eigenvalue weighted by Gasteiger charge is -2.10. The van der Waals surface area contributed by atoms with E-state index in [-0.39, 0.29) is 22.5 Å². The van der Waals surface area contributed by atoms with Crippen LogP contribution in [0, 0.1) is 4.91 Å². The summed E-state index contributed by atoms with van der Waals surface area (Å²) < 4.78 is 0. The fourth-order valence-corrected chi connectivity index (χ4v) is 1.58. The zero-order valence-corrected chi connectivity index (χ0v) is 9.74. The van der Waals surface area contributed by atoms with Crippen LogP contribution in [0.5, 0.6) is 0 Å². The first-order valence-corrected chi connectivity index (χ1v) is 5.04. The van der Waals surface area contributed by atoms with Crippen LogP contribution in [0.3, 0.4) is 0 Å². The number of nitrogens with two attached hydrogens (primary N) is 2. The van der Waals surface area contributed by atoms with Gasteiger partial charge in [0.15, 0.2) is 6.29 Å². The van der Waals surface area contributed by atoms with Gasteiger partial charge in [0, 0.05) is 22.4 Å². The van der Waals surface area contributed by atoms with Gasteiger partial charge in [-0.1, -0.05) is 0 Å². The topological polar surface area (TPSA) is 140 Å². The normalized spacial score (nSPS) is 11.3. The summed E-state index contributed by atoms with van der Waals surface area (Å²) in [5.74, 6) is 5.03. The molecule has 0 radical (unpaired) electrons. The number of anilines is 2. The van der Waals surface area contributed by atoms with Crippen LogP contribution in [0.15, 0.2) is 28.6 Å². The molecule has 0 aliphatic carbocycles. The van der Waals surface area contributed by atoms with Gasteiger partial charge < -0.3 is 11.6 Å². The van der Waals surface area contributed by atoms with Crippen molar-refractivity contribution < 1.29 is 9.59 Å². The van der Waals surface area contributed by atoms with E-state index in [0.29, 0.717) is 18.1 Å². The Balaban J connectivity index is 3.49. The van der Waals surface area contributed by atoms with Gasteiger partial charge >= 0.3 is 0 Å². The fraction of sp³-hybridized carbons (Fsp3) is 0. The Bertz CT molecular complexity index is 566. The average Bonchev–Trinajstić information content (AvgIpc) is 2.38. The van der Waals surface area contributed by atoms with E-state index < -0.39 is 0 Å². The zero-order valence-electron chi connectivity index (χ0n) is 9.74. The number of carbonyl (C=O) groups excluding carboxylic acids is 2.